The van der Waals surface area contributed by atoms with Gasteiger partial charge in [0.25, 0.3) is 0 Å². The summed E-state index contributed by atoms with van der Waals surface area (Å²) >= 11 is 0. The lowest BCUT2D eigenvalue weighted by Gasteiger charge is -2.21. The molecule has 0 aliphatic heterocycles. The second-order valence-corrected chi connectivity index (χ2v) is 33.7. The van der Waals surface area contributed by atoms with Crippen LogP contribution in [0, 0.1) is 11.8 Å². The van der Waals surface area contributed by atoms with Crippen molar-refractivity contribution in [2.45, 2.75) is 458 Å². The van der Waals surface area contributed by atoms with Gasteiger partial charge in [-0.1, -0.05) is 388 Å². The molecular weight excluding hydrogens is 1330 g/mol. The van der Waals surface area contributed by atoms with Gasteiger partial charge >= 0.3 is 39.5 Å². The quantitative estimate of drug-likeness (QED) is 0.0222. The fourth-order valence-corrected chi connectivity index (χ4v) is 14.5. The average molecular weight is 1490 g/mol. The highest BCUT2D eigenvalue weighted by molar-refractivity contribution is 7.47. The second-order valence-electron chi connectivity index (χ2n) is 30.8. The van der Waals surface area contributed by atoms with E-state index in [2.05, 4.69) is 41.5 Å². The van der Waals surface area contributed by atoms with Crippen LogP contribution in [-0.4, -0.2) is 96.7 Å². The number of esters is 4. The number of ether oxygens (including phenoxy) is 4. The Morgan fingerprint density at radius 2 is 0.451 bits per heavy atom. The Balaban J connectivity index is 5.24. The molecule has 0 heterocycles. The third-order valence-corrected chi connectivity index (χ3v) is 21.4. The van der Waals surface area contributed by atoms with Gasteiger partial charge < -0.3 is 33.8 Å². The third kappa shape index (κ3) is 76.3. The van der Waals surface area contributed by atoms with E-state index in [-0.39, 0.29) is 25.7 Å². The number of aliphatic hydroxyl groups excluding tert-OH is 1. The lowest BCUT2D eigenvalue weighted by atomic mass is 10.0. The minimum atomic E-state index is -4.96. The highest BCUT2D eigenvalue weighted by Crippen LogP contribution is 2.45. The molecule has 102 heavy (non-hydrogen) atoms. The Labute approximate surface area is 626 Å². The summed E-state index contributed by atoms with van der Waals surface area (Å²) in [5, 5.41) is 10.7. The number of aliphatic hydroxyl groups is 1. The minimum Gasteiger partial charge on any atom is -0.462 e. The fraction of sp³-hybridized carbons (Fsp3) is 0.952. The summed E-state index contributed by atoms with van der Waals surface area (Å²) in [4.78, 5) is 73.1. The maximum absolute atomic E-state index is 13.1. The van der Waals surface area contributed by atoms with E-state index in [0.29, 0.717) is 25.7 Å². The maximum Gasteiger partial charge on any atom is 0.472 e. The van der Waals surface area contributed by atoms with E-state index in [0.717, 1.165) is 102 Å². The summed E-state index contributed by atoms with van der Waals surface area (Å²) in [6.07, 6.45) is 65.3. The standard InChI is InChI=1S/C83H162O17P2/c1-7-9-11-13-15-17-19-21-23-24-25-26-27-28-30-32-36-42-49-55-61-67-82(87)99-78(71-93-80(85)65-59-53-47-41-35-31-29-22-20-18-16-14-12-10-8-2)73-97-101(89,90)95-69-77(84)70-96-102(91,92)98-74-79(72-94-81(86)66-60-54-48-44-38-40-46-52-58-64-76(5)6)100-83(88)68-62-56-50-43-37-33-34-39-45-51-57-63-75(3)4/h75-79,84H,7-74H2,1-6H3,(H,89,90)(H,91,92)/t77-,78-,79-/m1/s1. The van der Waals surface area contributed by atoms with Crippen LogP contribution in [0.2, 0.25) is 0 Å². The van der Waals surface area contributed by atoms with Crippen LogP contribution < -0.4 is 0 Å². The molecule has 3 N–H and O–H groups in total. The zero-order valence-electron chi connectivity index (χ0n) is 66.9. The number of unbranched alkanes of at least 4 members (excludes halogenated alkanes) is 52. The summed E-state index contributed by atoms with van der Waals surface area (Å²) in [5.41, 5.74) is 0. The van der Waals surface area contributed by atoms with Crippen molar-refractivity contribution in [2.75, 3.05) is 39.6 Å². The van der Waals surface area contributed by atoms with Gasteiger partial charge in [-0.05, 0) is 37.5 Å². The monoisotopic (exact) mass is 1490 g/mol. The first-order valence-electron chi connectivity index (χ1n) is 43.0. The van der Waals surface area contributed by atoms with E-state index >= 15 is 0 Å². The molecule has 0 radical (unpaired) electrons. The number of phosphoric acid groups is 2. The van der Waals surface area contributed by atoms with Crippen LogP contribution in [0.1, 0.15) is 440 Å². The lowest BCUT2D eigenvalue weighted by Crippen LogP contribution is -2.30. The molecule has 19 heteroatoms. The van der Waals surface area contributed by atoms with Crippen molar-refractivity contribution in [1.29, 1.82) is 0 Å². The SMILES string of the molecule is CCCCCCCCCCCCCCCCCCCCCCCC(=O)O[C@H](COC(=O)CCCCCCCCCCCCCCCCC)COP(=O)(O)OC[C@@H](O)COP(=O)(O)OC[C@@H](COC(=O)CCCCCCCCCCCC(C)C)OC(=O)CCCCCCCCCCCCCC(C)C. The van der Waals surface area contributed by atoms with Crippen LogP contribution in [0.25, 0.3) is 0 Å². The van der Waals surface area contributed by atoms with Gasteiger partial charge in [0, 0.05) is 25.7 Å². The van der Waals surface area contributed by atoms with Crippen LogP contribution in [0.4, 0.5) is 0 Å². The van der Waals surface area contributed by atoms with E-state index in [9.17, 15) is 43.2 Å². The summed E-state index contributed by atoms with van der Waals surface area (Å²) in [5.74, 6) is -0.597. The molecule has 0 fully saturated rings. The van der Waals surface area contributed by atoms with Crippen molar-refractivity contribution in [1.82, 2.24) is 0 Å². The zero-order valence-corrected chi connectivity index (χ0v) is 68.7. The normalized spacial score (nSPS) is 13.9. The van der Waals surface area contributed by atoms with E-state index < -0.39 is 97.5 Å². The summed E-state index contributed by atoms with van der Waals surface area (Å²) in [6.45, 7) is 9.63. The highest BCUT2D eigenvalue weighted by Gasteiger charge is 2.30. The molecule has 2 unspecified atom stereocenters. The van der Waals surface area contributed by atoms with Crippen molar-refractivity contribution in [3.05, 3.63) is 0 Å². The Bertz CT molecular complexity index is 1960. The van der Waals surface area contributed by atoms with E-state index in [1.165, 1.54) is 257 Å². The van der Waals surface area contributed by atoms with Crippen molar-refractivity contribution < 1.29 is 80.2 Å². The van der Waals surface area contributed by atoms with Crippen molar-refractivity contribution in [3.8, 4) is 0 Å². The Morgan fingerprint density at radius 3 is 0.667 bits per heavy atom. The largest absolute Gasteiger partial charge is 0.472 e. The van der Waals surface area contributed by atoms with Gasteiger partial charge in [-0.3, -0.25) is 37.3 Å². The fourth-order valence-electron chi connectivity index (χ4n) is 12.9. The minimum absolute atomic E-state index is 0.106. The molecular formula is C83H162O17P2. The van der Waals surface area contributed by atoms with Gasteiger partial charge in [-0.25, -0.2) is 9.13 Å². The number of carbonyl (C=O) groups excluding carboxylic acids is 4. The third-order valence-electron chi connectivity index (χ3n) is 19.5. The first kappa shape index (κ1) is 100. The molecule has 0 aromatic carbocycles. The molecule has 606 valence electrons. The van der Waals surface area contributed by atoms with Crippen molar-refractivity contribution >= 4 is 39.5 Å². The van der Waals surface area contributed by atoms with Crippen LogP contribution in [0.3, 0.4) is 0 Å². The zero-order chi connectivity index (χ0) is 74.9. The summed E-state index contributed by atoms with van der Waals surface area (Å²) < 4.78 is 68.8. The van der Waals surface area contributed by atoms with E-state index in [4.69, 9.17) is 37.0 Å². The maximum atomic E-state index is 13.1. The summed E-state index contributed by atoms with van der Waals surface area (Å²) in [6, 6.07) is 0. The number of hydrogen-bond acceptors (Lipinski definition) is 15. The van der Waals surface area contributed by atoms with E-state index in [1.54, 1.807) is 0 Å². The predicted octanol–water partition coefficient (Wildman–Crippen LogP) is 25.1. The Hall–Kier alpha value is -1.94. The lowest BCUT2D eigenvalue weighted by molar-refractivity contribution is -0.161. The Morgan fingerprint density at radius 1 is 0.265 bits per heavy atom. The predicted molar refractivity (Wildman–Crippen MR) is 418 cm³/mol. The molecule has 0 aromatic heterocycles. The van der Waals surface area contributed by atoms with Gasteiger partial charge in [0.05, 0.1) is 26.4 Å². The number of rotatable bonds is 82. The molecule has 0 saturated carbocycles. The van der Waals surface area contributed by atoms with Gasteiger partial charge in [-0.15, -0.1) is 0 Å². The number of carbonyl (C=O) groups is 4. The van der Waals surface area contributed by atoms with Gasteiger partial charge in [-0.2, -0.15) is 0 Å². The van der Waals surface area contributed by atoms with Crippen molar-refractivity contribution in [3.63, 3.8) is 0 Å². The molecule has 0 saturated heterocycles. The topological polar surface area (TPSA) is 237 Å². The van der Waals surface area contributed by atoms with Crippen LogP contribution in [-0.2, 0) is 65.4 Å². The van der Waals surface area contributed by atoms with Crippen LogP contribution in [0.15, 0.2) is 0 Å². The van der Waals surface area contributed by atoms with Gasteiger partial charge in [0.2, 0.25) is 0 Å². The molecule has 5 atom stereocenters. The van der Waals surface area contributed by atoms with Crippen molar-refractivity contribution in [2.24, 2.45) is 11.8 Å². The molecule has 0 rings (SSSR count). The first-order valence-corrected chi connectivity index (χ1v) is 46.0. The second kappa shape index (κ2) is 74.5. The molecule has 0 aliphatic carbocycles. The van der Waals surface area contributed by atoms with Crippen LogP contribution in [0.5, 0.6) is 0 Å². The first-order chi connectivity index (χ1) is 49.4. The average Bonchev–Trinajstić information content (AvgIpc) is 0.919. The Kier molecular flexibility index (Phi) is 73.1. The van der Waals surface area contributed by atoms with E-state index in [1.807, 2.05) is 0 Å². The van der Waals surface area contributed by atoms with Gasteiger partial charge in [0.15, 0.2) is 12.2 Å². The molecule has 0 amide bonds. The number of hydrogen-bond donors (Lipinski definition) is 3. The molecule has 0 aliphatic rings. The number of phosphoric ester groups is 2. The highest BCUT2D eigenvalue weighted by atomic mass is 31.2. The molecule has 0 aromatic rings. The van der Waals surface area contributed by atoms with Crippen LogP contribution >= 0.6 is 15.6 Å². The molecule has 0 bridgehead atoms. The molecule has 17 nitrogen and oxygen atoms in total. The smallest absolute Gasteiger partial charge is 0.462 e. The van der Waals surface area contributed by atoms with Gasteiger partial charge in [0.1, 0.15) is 19.3 Å². The summed E-state index contributed by atoms with van der Waals surface area (Å²) in [7, 11) is -9.92. The molecule has 0 spiro atoms.